The molecule has 21 heavy (non-hydrogen) atoms. The summed E-state index contributed by atoms with van der Waals surface area (Å²) < 4.78 is 4.94. The first-order chi connectivity index (χ1) is 10.0. The lowest BCUT2D eigenvalue weighted by atomic mass is 10.2. The van der Waals surface area contributed by atoms with Crippen LogP contribution in [0.3, 0.4) is 0 Å². The van der Waals surface area contributed by atoms with Gasteiger partial charge in [0.2, 0.25) is 5.91 Å². The lowest BCUT2D eigenvalue weighted by Gasteiger charge is -2.13. The van der Waals surface area contributed by atoms with E-state index in [2.05, 4.69) is 10.6 Å². The Morgan fingerprint density at radius 2 is 2.14 bits per heavy atom. The van der Waals surface area contributed by atoms with E-state index in [4.69, 9.17) is 9.84 Å². The van der Waals surface area contributed by atoms with E-state index >= 15 is 0 Å². The van der Waals surface area contributed by atoms with Crippen LogP contribution in [0.5, 0.6) is 0 Å². The molecule has 1 rings (SSSR count). The summed E-state index contributed by atoms with van der Waals surface area (Å²) >= 11 is 1.33. The molecule has 116 valence electrons. The highest BCUT2D eigenvalue weighted by molar-refractivity contribution is 7.12. The largest absolute Gasteiger partial charge is 0.481 e. The lowest BCUT2D eigenvalue weighted by molar-refractivity contribution is -0.140. The monoisotopic (exact) mass is 314 g/mol. The Bertz CT molecular complexity index is 475. The van der Waals surface area contributed by atoms with E-state index in [9.17, 15) is 14.4 Å². The fraction of sp³-hybridized carbons (Fsp3) is 0.462. The number of carboxylic acids is 1. The molecule has 0 saturated carbocycles. The van der Waals surface area contributed by atoms with E-state index in [-0.39, 0.29) is 37.7 Å². The molecule has 3 N–H and O–H groups in total. The van der Waals surface area contributed by atoms with Crippen LogP contribution in [-0.4, -0.2) is 49.2 Å². The summed E-state index contributed by atoms with van der Waals surface area (Å²) in [6.07, 6.45) is -0.612. The number of rotatable bonds is 9. The molecule has 0 spiro atoms. The van der Waals surface area contributed by atoms with Gasteiger partial charge < -0.3 is 20.5 Å². The molecule has 1 unspecified atom stereocenters. The number of ether oxygens (including phenoxy) is 1. The van der Waals surface area contributed by atoms with E-state index < -0.39 is 12.1 Å². The predicted octanol–water partition coefficient (Wildman–Crippen LogP) is 0.474. The van der Waals surface area contributed by atoms with Crippen LogP contribution in [0, 0.1) is 0 Å². The zero-order chi connectivity index (χ0) is 15.7. The van der Waals surface area contributed by atoms with Gasteiger partial charge in [-0.05, 0) is 11.4 Å². The number of hydrogen-bond donors (Lipinski definition) is 3. The maximum atomic E-state index is 11.6. The second-order valence-corrected chi connectivity index (χ2v) is 5.19. The predicted molar refractivity (Wildman–Crippen MR) is 77.3 cm³/mol. The third-order valence-electron chi connectivity index (χ3n) is 2.65. The van der Waals surface area contributed by atoms with Crippen molar-refractivity contribution in [1.82, 2.24) is 10.6 Å². The Morgan fingerprint density at radius 3 is 2.71 bits per heavy atom. The van der Waals surface area contributed by atoms with Crippen molar-refractivity contribution in [3.63, 3.8) is 0 Å². The number of methoxy groups -OCH3 is 1. The second kappa shape index (κ2) is 9.09. The fourth-order valence-corrected chi connectivity index (χ4v) is 2.17. The Balaban J connectivity index is 2.19. The smallest absolute Gasteiger partial charge is 0.306 e. The molecule has 0 aliphatic carbocycles. The molecule has 0 saturated heterocycles. The topological polar surface area (TPSA) is 105 Å². The molecule has 0 radical (unpaired) electrons. The van der Waals surface area contributed by atoms with Gasteiger partial charge in [-0.3, -0.25) is 14.4 Å². The van der Waals surface area contributed by atoms with Crippen LogP contribution in [0.25, 0.3) is 0 Å². The lowest BCUT2D eigenvalue weighted by Crippen LogP contribution is -2.36. The van der Waals surface area contributed by atoms with Gasteiger partial charge >= 0.3 is 5.97 Å². The van der Waals surface area contributed by atoms with Crippen LogP contribution < -0.4 is 10.6 Å². The van der Waals surface area contributed by atoms with Gasteiger partial charge in [-0.15, -0.1) is 11.3 Å². The first kappa shape index (κ1) is 17.1. The maximum absolute atomic E-state index is 11.6. The van der Waals surface area contributed by atoms with Crippen LogP contribution in [0.4, 0.5) is 0 Å². The minimum absolute atomic E-state index is 0.126. The normalized spacial score (nSPS) is 11.7. The molecule has 0 aromatic carbocycles. The van der Waals surface area contributed by atoms with Gasteiger partial charge in [0.25, 0.3) is 5.91 Å². The molecule has 1 atom stereocenters. The number of hydrogen-bond acceptors (Lipinski definition) is 5. The van der Waals surface area contributed by atoms with Crippen molar-refractivity contribution in [2.24, 2.45) is 0 Å². The van der Waals surface area contributed by atoms with Crippen LogP contribution in [0.2, 0.25) is 0 Å². The summed E-state index contributed by atoms with van der Waals surface area (Å²) in [7, 11) is 1.39. The zero-order valence-corrected chi connectivity index (χ0v) is 12.4. The van der Waals surface area contributed by atoms with Gasteiger partial charge in [0, 0.05) is 26.6 Å². The van der Waals surface area contributed by atoms with Gasteiger partial charge in [-0.2, -0.15) is 0 Å². The standard InChI is InChI=1S/C13H18N2O5S/c1-20-9(7-12(17)18)8-15-11(16)4-5-14-13(19)10-3-2-6-21-10/h2-3,6,9H,4-5,7-8H2,1H3,(H,14,19)(H,15,16)(H,17,18). The number of carboxylic acid groups (broad SMARTS) is 1. The summed E-state index contributed by atoms with van der Waals surface area (Å²) in [5, 5.41) is 15.6. The van der Waals surface area contributed by atoms with E-state index in [1.807, 2.05) is 0 Å². The van der Waals surface area contributed by atoms with Crippen molar-refractivity contribution >= 4 is 29.1 Å². The van der Waals surface area contributed by atoms with E-state index in [1.165, 1.54) is 18.4 Å². The average Bonchev–Trinajstić information content (AvgIpc) is 2.97. The quantitative estimate of drug-likeness (QED) is 0.615. The Kier molecular flexibility index (Phi) is 7.41. The van der Waals surface area contributed by atoms with E-state index in [0.717, 1.165) is 0 Å². The summed E-state index contributed by atoms with van der Waals surface area (Å²) in [5.74, 6) is -1.47. The number of nitrogens with one attached hydrogen (secondary N) is 2. The Labute approximate surface area is 126 Å². The van der Waals surface area contributed by atoms with Crippen molar-refractivity contribution in [3.05, 3.63) is 22.4 Å². The molecule has 1 heterocycles. The van der Waals surface area contributed by atoms with Crippen LogP contribution in [-0.2, 0) is 14.3 Å². The van der Waals surface area contributed by atoms with Crippen molar-refractivity contribution in [2.45, 2.75) is 18.9 Å². The van der Waals surface area contributed by atoms with Crippen molar-refractivity contribution in [3.8, 4) is 0 Å². The molecule has 2 amide bonds. The van der Waals surface area contributed by atoms with Gasteiger partial charge in [-0.25, -0.2) is 0 Å². The summed E-state index contributed by atoms with van der Waals surface area (Å²) in [6, 6.07) is 3.48. The first-order valence-electron chi connectivity index (χ1n) is 6.36. The van der Waals surface area contributed by atoms with Gasteiger partial charge in [0.1, 0.15) is 0 Å². The molecule has 0 aliphatic heterocycles. The average molecular weight is 314 g/mol. The Morgan fingerprint density at radius 1 is 1.38 bits per heavy atom. The number of thiophene rings is 1. The highest BCUT2D eigenvalue weighted by Gasteiger charge is 2.13. The van der Waals surface area contributed by atoms with Crippen LogP contribution >= 0.6 is 11.3 Å². The fourth-order valence-electron chi connectivity index (χ4n) is 1.53. The molecule has 1 aromatic rings. The first-order valence-corrected chi connectivity index (χ1v) is 7.24. The molecular formula is C13H18N2O5S. The minimum atomic E-state index is -0.987. The third kappa shape index (κ3) is 6.87. The maximum Gasteiger partial charge on any atom is 0.306 e. The van der Waals surface area contributed by atoms with E-state index in [0.29, 0.717) is 4.88 Å². The molecule has 8 heteroatoms. The third-order valence-corrected chi connectivity index (χ3v) is 3.51. The number of carbonyl (C=O) groups is 3. The van der Waals surface area contributed by atoms with Crippen LogP contribution in [0.1, 0.15) is 22.5 Å². The zero-order valence-electron chi connectivity index (χ0n) is 11.6. The number of carbonyl (C=O) groups excluding carboxylic acids is 2. The summed E-state index contributed by atoms with van der Waals surface area (Å²) in [4.78, 5) is 34.3. The molecule has 1 aromatic heterocycles. The minimum Gasteiger partial charge on any atom is -0.481 e. The van der Waals surface area contributed by atoms with Gasteiger partial charge in [0.15, 0.2) is 0 Å². The molecule has 0 aliphatic rings. The molecular weight excluding hydrogens is 296 g/mol. The van der Waals surface area contributed by atoms with Crippen molar-refractivity contribution in [1.29, 1.82) is 0 Å². The van der Waals surface area contributed by atoms with Crippen molar-refractivity contribution < 1.29 is 24.2 Å². The molecule has 0 bridgehead atoms. The highest BCUT2D eigenvalue weighted by Crippen LogP contribution is 2.07. The Hall–Kier alpha value is -1.93. The second-order valence-electron chi connectivity index (χ2n) is 4.24. The number of aliphatic carboxylic acids is 1. The van der Waals surface area contributed by atoms with E-state index in [1.54, 1.807) is 17.5 Å². The summed E-state index contributed by atoms with van der Waals surface area (Å²) in [5.41, 5.74) is 0. The van der Waals surface area contributed by atoms with Gasteiger partial charge in [-0.1, -0.05) is 6.07 Å². The highest BCUT2D eigenvalue weighted by atomic mass is 32.1. The SMILES string of the molecule is COC(CNC(=O)CCNC(=O)c1cccs1)CC(=O)O. The van der Waals surface area contributed by atoms with Crippen LogP contribution in [0.15, 0.2) is 17.5 Å². The molecule has 7 nitrogen and oxygen atoms in total. The number of amides is 2. The molecule has 0 fully saturated rings. The summed E-state index contributed by atoms with van der Waals surface area (Å²) in [6.45, 7) is 0.347. The van der Waals surface area contributed by atoms with Gasteiger partial charge in [0.05, 0.1) is 17.4 Å². The van der Waals surface area contributed by atoms with Crippen molar-refractivity contribution in [2.75, 3.05) is 20.2 Å².